The van der Waals surface area contributed by atoms with Crippen LogP contribution in [0.4, 0.5) is 0 Å². The lowest BCUT2D eigenvalue weighted by atomic mass is 9.91. The second kappa shape index (κ2) is 5.65. The molecule has 92 valence electrons. The lowest BCUT2D eigenvalue weighted by Gasteiger charge is -2.21. The van der Waals surface area contributed by atoms with Gasteiger partial charge in [-0.25, -0.2) is 0 Å². The molecule has 2 rings (SSSR count). The van der Waals surface area contributed by atoms with Crippen molar-refractivity contribution < 1.29 is 9.53 Å². The summed E-state index contributed by atoms with van der Waals surface area (Å²) in [7, 11) is 1.65. The minimum Gasteiger partial charge on any atom is -0.496 e. The molecule has 1 aliphatic rings. The first kappa shape index (κ1) is 12.6. The highest BCUT2D eigenvalue weighted by molar-refractivity contribution is 9.10. The van der Waals surface area contributed by atoms with Crippen molar-refractivity contribution in [1.82, 2.24) is 5.32 Å². The Morgan fingerprint density at radius 3 is 3.00 bits per heavy atom. The number of halogens is 1. The van der Waals surface area contributed by atoms with E-state index in [0.29, 0.717) is 12.2 Å². The third-order valence-electron chi connectivity index (χ3n) is 3.09. The predicted octanol–water partition coefficient (Wildman–Crippen LogP) is 2.18. The highest BCUT2D eigenvalue weighted by Gasteiger charge is 2.22. The fourth-order valence-corrected chi connectivity index (χ4v) is 2.70. The van der Waals surface area contributed by atoms with E-state index in [9.17, 15) is 4.79 Å². The van der Waals surface area contributed by atoms with E-state index in [2.05, 4.69) is 21.2 Å². The van der Waals surface area contributed by atoms with Crippen molar-refractivity contribution in [2.45, 2.75) is 12.8 Å². The summed E-state index contributed by atoms with van der Waals surface area (Å²) in [4.78, 5) is 11.7. The molecule has 1 fully saturated rings. The van der Waals surface area contributed by atoms with Gasteiger partial charge in [-0.2, -0.15) is 0 Å². The molecule has 1 saturated heterocycles. The molecular weight excluding hydrogens is 282 g/mol. The Kier molecular flexibility index (Phi) is 4.18. The van der Waals surface area contributed by atoms with Crippen molar-refractivity contribution in [3.63, 3.8) is 0 Å². The Morgan fingerprint density at radius 2 is 2.35 bits per heavy atom. The zero-order valence-electron chi connectivity index (χ0n) is 9.83. The van der Waals surface area contributed by atoms with Crippen molar-refractivity contribution in [1.29, 1.82) is 0 Å². The molecule has 17 heavy (non-hydrogen) atoms. The second-order valence-electron chi connectivity index (χ2n) is 4.29. The summed E-state index contributed by atoms with van der Waals surface area (Å²) < 4.78 is 6.12. The molecule has 0 aromatic heterocycles. The van der Waals surface area contributed by atoms with Crippen LogP contribution < -0.4 is 10.1 Å². The van der Waals surface area contributed by atoms with Gasteiger partial charge in [0.05, 0.1) is 11.6 Å². The largest absolute Gasteiger partial charge is 0.496 e. The topological polar surface area (TPSA) is 38.3 Å². The van der Waals surface area contributed by atoms with E-state index in [1.165, 1.54) is 5.56 Å². The Bertz CT molecular complexity index is 420. The number of carbonyl (C=O) groups is 1. The number of Topliss-reactive ketones (excluding diaryl/α,β-unsaturated/α-hetero) is 1. The van der Waals surface area contributed by atoms with Crippen LogP contribution in [0.5, 0.6) is 5.75 Å². The van der Waals surface area contributed by atoms with Crippen molar-refractivity contribution in [2.75, 3.05) is 20.2 Å². The second-order valence-corrected chi connectivity index (χ2v) is 5.14. The molecule has 0 radical (unpaired) electrons. The molecule has 3 nitrogen and oxygen atoms in total. The number of ketones is 1. The molecule has 0 spiro atoms. The normalized spacial score (nSPS) is 20.4. The van der Waals surface area contributed by atoms with Crippen LogP contribution in [0.15, 0.2) is 22.7 Å². The molecule has 1 atom stereocenters. The third-order valence-corrected chi connectivity index (χ3v) is 3.71. The van der Waals surface area contributed by atoms with Gasteiger partial charge >= 0.3 is 0 Å². The van der Waals surface area contributed by atoms with E-state index in [4.69, 9.17) is 4.74 Å². The maximum Gasteiger partial charge on any atom is 0.138 e. The molecule has 1 unspecified atom stereocenters. The Labute approximate surface area is 110 Å². The summed E-state index contributed by atoms with van der Waals surface area (Å²) in [5, 5.41) is 3.27. The van der Waals surface area contributed by atoms with Gasteiger partial charge in [0, 0.05) is 25.4 Å². The monoisotopic (exact) mass is 297 g/mol. The maximum absolute atomic E-state index is 11.7. The molecule has 0 amide bonds. The van der Waals surface area contributed by atoms with Crippen LogP contribution in [-0.2, 0) is 11.2 Å². The van der Waals surface area contributed by atoms with Gasteiger partial charge < -0.3 is 10.1 Å². The summed E-state index contributed by atoms with van der Waals surface area (Å²) in [6.45, 7) is 1.62. The van der Waals surface area contributed by atoms with Crippen molar-refractivity contribution in [2.24, 2.45) is 5.92 Å². The van der Waals surface area contributed by atoms with E-state index in [1.54, 1.807) is 7.11 Å². The zero-order chi connectivity index (χ0) is 12.3. The van der Waals surface area contributed by atoms with Gasteiger partial charge in [0.15, 0.2) is 0 Å². The molecule has 0 aliphatic carbocycles. The standard InChI is InChI=1S/C13H16BrNO2/c1-17-13-3-2-9(7-11(13)14)6-10-8-15-5-4-12(10)16/h2-3,7,10,15H,4-6,8H2,1H3. The summed E-state index contributed by atoms with van der Waals surface area (Å²) in [5.74, 6) is 1.31. The number of benzene rings is 1. The summed E-state index contributed by atoms with van der Waals surface area (Å²) in [5.41, 5.74) is 1.17. The zero-order valence-corrected chi connectivity index (χ0v) is 11.4. The van der Waals surface area contributed by atoms with E-state index < -0.39 is 0 Å². The minimum atomic E-state index is 0.115. The molecule has 0 bridgehead atoms. The van der Waals surface area contributed by atoms with Crippen LogP contribution >= 0.6 is 15.9 Å². The molecule has 1 N–H and O–H groups in total. The highest BCUT2D eigenvalue weighted by Crippen LogP contribution is 2.27. The highest BCUT2D eigenvalue weighted by atomic mass is 79.9. The predicted molar refractivity (Wildman–Crippen MR) is 70.4 cm³/mol. The maximum atomic E-state index is 11.7. The molecule has 0 saturated carbocycles. The molecular formula is C13H16BrNO2. The van der Waals surface area contributed by atoms with Gasteiger partial charge in [-0.3, -0.25) is 4.79 Å². The number of methoxy groups -OCH3 is 1. The lowest BCUT2D eigenvalue weighted by molar-refractivity contribution is -0.123. The fraction of sp³-hybridized carbons (Fsp3) is 0.462. The van der Waals surface area contributed by atoms with Crippen molar-refractivity contribution in [3.05, 3.63) is 28.2 Å². The van der Waals surface area contributed by atoms with E-state index in [-0.39, 0.29) is 5.92 Å². The Balaban J connectivity index is 2.07. The van der Waals surface area contributed by atoms with Crippen LogP contribution in [-0.4, -0.2) is 26.0 Å². The van der Waals surface area contributed by atoms with Gasteiger partial charge in [0.25, 0.3) is 0 Å². The van der Waals surface area contributed by atoms with Crippen LogP contribution in [0.2, 0.25) is 0 Å². The number of hydrogen-bond acceptors (Lipinski definition) is 3. The van der Waals surface area contributed by atoms with Gasteiger partial charge in [-0.05, 0) is 40.0 Å². The van der Waals surface area contributed by atoms with Crippen LogP contribution in [0.3, 0.4) is 0 Å². The Hall–Kier alpha value is -0.870. The van der Waals surface area contributed by atoms with Gasteiger partial charge in [0.1, 0.15) is 11.5 Å². The summed E-state index contributed by atoms with van der Waals surface area (Å²) in [6, 6.07) is 5.98. The summed E-state index contributed by atoms with van der Waals surface area (Å²) >= 11 is 3.46. The van der Waals surface area contributed by atoms with Gasteiger partial charge in [-0.1, -0.05) is 6.07 Å². The van der Waals surface area contributed by atoms with E-state index >= 15 is 0 Å². The van der Waals surface area contributed by atoms with Gasteiger partial charge in [-0.15, -0.1) is 0 Å². The molecule has 1 aliphatic heterocycles. The van der Waals surface area contributed by atoms with Crippen molar-refractivity contribution >= 4 is 21.7 Å². The summed E-state index contributed by atoms with van der Waals surface area (Å²) in [6.07, 6.45) is 1.45. The fourth-order valence-electron chi connectivity index (χ4n) is 2.11. The molecule has 4 heteroatoms. The Morgan fingerprint density at radius 1 is 1.53 bits per heavy atom. The van der Waals surface area contributed by atoms with Gasteiger partial charge in [0.2, 0.25) is 0 Å². The molecule has 1 aromatic rings. The first-order valence-electron chi connectivity index (χ1n) is 5.76. The molecule has 1 aromatic carbocycles. The SMILES string of the molecule is COc1ccc(CC2CNCCC2=O)cc1Br. The number of nitrogens with one attached hydrogen (secondary N) is 1. The quantitative estimate of drug-likeness (QED) is 0.929. The average Bonchev–Trinajstić information content (AvgIpc) is 2.32. The van der Waals surface area contributed by atoms with Crippen LogP contribution in [0.25, 0.3) is 0 Å². The number of rotatable bonds is 3. The molecule has 1 heterocycles. The van der Waals surface area contributed by atoms with Crippen LogP contribution in [0.1, 0.15) is 12.0 Å². The van der Waals surface area contributed by atoms with Crippen LogP contribution in [0, 0.1) is 5.92 Å². The first-order chi connectivity index (χ1) is 8.20. The van der Waals surface area contributed by atoms with E-state index in [1.807, 2.05) is 18.2 Å². The van der Waals surface area contributed by atoms with E-state index in [0.717, 1.165) is 29.7 Å². The first-order valence-corrected chi connectivity index (χ1v) is 6.56. The average molecular weight is 298 g/mol. The van der Waals surface area contributed by atoms with Crippen molar-refractivity contribution in [3.8, 4) is 5.75 Å². The number of carbonyl (C=O) groups excluding carboxylic acids is 1. The third kappa shape index (κ3) is 3.07. The number of piperidine rings is 1. The number of ether oxygens (including phenoxy) is 1. The lowest BCUT2D eigenvalue weighted by Crippen LogP contribution is -2.37. The smallest absolute Gasteiger partial charge is 0.138 e. The number of hydrogen-bond donors (Lipinski definition) is 1. The minimum absolute atomic E-state index is 0.115.